The van der Waals surface area contributed by atoms with Crippen LogP contribution in [0.4, 0.5) is 0 Å². The molecule has 1 aromatic carbocycles. The molecule has 1 aliphatic rings. The molecule has 2 aromatic rings. The van der Waals surface area contributed by atoms with E-state index in [1.165, 1.54) is 5.56 Å². The summed E-state index contributed by atoms with van der Waals surface area (Å²) in [5, 5.41) is 20.9. The van der Waals surface area contributed by atoms with Crippen LogP contribution in [-0.2, 0) is 24.3 Å². The standard InChI is InChI=1S/C22H33N5O3/c1-4-20(29)23-21(16(2)3)22-25-24-19-8-9-26(10-11-27(19)22)15-17-6-5-7-18(14-17)30-13-12-28/h5-7,14,16,21,28H,4,8-13,15H2,1-3H3,(H,23,29). The van der Waals surface area contributed by atoms with Crippen molar-refractivity contribution in [3.05, 3.63) is 41.5 Å². The fourth-order valence-electron chi connectivity index (χ4n) is 3.74. The number of aliphatic hydroxyl groups excluding tert-OH is 1. The zero-order chi connectivity index (χ0) is 21.5. The second-order valence-electron chi connectivity index (χ2n) is 8.01. The van der Waals surface area contributed by atoms with Gasteiger partial charge < -0.3 is 19.7 Å². The van der Waals surface area contributed by atoms with Gasteiger partial charge in [0.05, 0.1) is 12.6 Å². The minimum absolute atomic E-state index is 0.00820. The summed E-state index contributed by atoms with van der Waals surface area (Å²) in [6.07, 6.45) is 1.28. The van der Waals surface area contributed by atoms with Gasteiger partial charge in [0.25, 0.3) is 0 Å². The summed E-state index contributed by atoms with van der Waals surface area (Å²) in [4.78, 5) is 14.4. The van der Waals surface area contributed by atoms with Crippen LogP contribution < -0.4 is 10.1 Å². The van der Waals surface area contributed by atoms with Crippen molar-refractivity contribution in [3.8, 4) is 5.75 Å². The predicted molar refractivity (Wildman–Crippen MR) is 114 cm³/mol. The maximum atomic E-state index is 12.0. The van der Waals surface area contributed by atoms with E-state index in [-0.39, 0.29) is 24.5 Å². The Labute approximate surface area is 178 Å². The van der Waals surface area contributed by atoms with Crippen LogP contribution in [0.5, 0.6) is 5.75 Å². The predicted octanol–water partition coefficient (Wildman–Crippen LogP) is 1.93. The van der Waals surface area contributed by atoms with Crippen molar-refractivity contribution in [2.24, 2.45) is 5.92 Å². The highest BCUT2D eigenvalue weighted by Crippen LogP contribution is 2.23. The number of hydrogen-bond donors (Lipinski definition) is 2. The molecular formula is C22H33N5O3. The summed E-state index contributed by atoms with van der Waals surface area (Å²) < 4.78 is 7.71. The molecule has 1 aliphatic heterocycles. The molecular weight excluding hydrogens is 382 g/mol. The van der Waals surface area contributed by atoms with Crippen LogP contribution in [0.3, 0.4) is 0 Å². The Bertz CT molecular complexity index is 836. The number of aromatic nitrogens is 3. The molecule has 1 amide bonds. The maximum absolute atomic E-state index is 12.0. The van der Waals surface area contributed by atoms with Crippen molar-refractivity contribution in [3.63, 3.8) is 0 Å². The normalized spacial score (nSPS) is 15.5. The summed E-state index contributed by atoms with van der Waals surface area (Å²) >= 11 is 0. The van der Waals surface area contributed by atoms with Gasteiger partial charge in [-0.25, -0.2) is 0 Å². The number of fused-ring (bicyclic) bond motifs is 1. The molecule has 0 radical (unpaired) electrons. The van der Waals surface area contributed by atoms with E-state index in [9.17, 15) is 4.79 Å². The van der Waals surface area contributed by atoms with Gasteiger partial charge in [0.15, 0.2) is 5.82 Å². The van der Waals surface area contributed by atoms with Gasteiger partial charge in [-0.1, -0.05) is 32.9 Å². The lowest BCUT2D eigenvalue weighted by atomic mass is 10.0. The van der Waals surface area contributed by atoms with E-state index in [0.717, 1.165) is 50.0 Å². The van der Waals surface area contributed by atoms with Gasteiger partial charge in [0.1, 0.15) is 18.2 Å². The third-order valence-electron chi connectivity index (χ3n) is 5.39. The monoisotopic (exact) mass is 415 g/mol. The molecule has 1 unspecified atom stereocenters. The number of amides is 1. The first-order chi connectivity index (χ1) is 14.5. The zero-order valence-electron chi connectivity index (χ0n) is 18.2. The minimum atomic E-state index is -0.134. The summed E-state index contributed by atoms with van der Waals surface area (Å²) in [5.41, 5.74) is 1.18. The minimum Gasteiger partial charge on any atom is -0.491 e. The molecule has 0 fully saturated rings. The molecule has 2 N–H and O–H groups in total. The number of hydrogen-bond acceptors (Lipinski definition) is 6. The summed E-state index contributed by atoms with van der Waals surface area (Å²) in [7, 11) is 0. The van der Waals surface area contributed by atoms with Gasteiger partial charge in [0.2, 0.25) is 5.91 Å². The van der Waals surface area contributed by atoms with Crippen LogP contribution in [0.15, 0.2) is 24.3 Å². The van der Waals surface area contributed by atoms with Crippen molar-refractivity contribution in [1.29, 1.82) is 0 Å². The molecule has 1 atom stereocenters. The topological polar surface area (TPSA) is 92.5 Å². The average Bonchev–Trinajstić information content (AvgIpc) is 3.04. The van der Waals surface area contributed by atoms with Crippen LogP contribution in [0, 0.1) is 5.92 Å². The molecule has 164 valence electrons. The number of benzene rings is 1. The second kappa shape index (κ2) is 10.5. The van der Waals surface area contributed by atoms with E-state index < -0.39 is 0 Å². The Morgan fingerprint density at radius 1 is 1.27 bits per heavy atom. The van der Waals surface area contributed by atoms with Gasteiger partial charge in [-0.3, -0.25) is 9.69 Å². The van der Waals surface area contributed by atoms with Crippen LogP contribution in [0.25, 0.3) is 0 Å². The lowest BCUT2D eigenvalue weighted by Crippen LogP contribution is -2.34. The lowest BCUT2D eigenvalue weighted by molar-refractivity contribution is -0.121. The smallest absolute Gasteiger partial charge is 0.220 e. The first-order valence-electron chi connectivity index (χ1n) is 10.8. The van der Waals surface area contributed by atoms with Crippen molar-refractivity contribution in [2.45, 2.75) is 52.7 Å². The molecule has 30 heavy (non-hydrogen) atoms. The van der Waals surface area contributed by atoms with Crippen molar-refractivity contribution in [1.82, 2.24) is 25.0 Å². The number of carbonyl (C=O) groups is 1. The van der Waals surface area contributed by atoms with Crippen LogP contribution >= 0.6 is 0 Å². The number of nitrogens with zero attached hydrogens (tertiary/aromatic N) is 4. The maximum Gasteiger partial charge on any atom is 0.220 e. The second-order valence-corrected chi connectivity index (χ2v) is 8.01. The highest BCUT2D eigenvalue weighted by molar-refractivity contribution is 5.75. The highest BCUT2D eigenvalue weighted by Gasteiger charge is 2.27. The third kappa shape index (κ3) is 5.58. The number of aliphatic hydroxyl groups is 1. The number of rotatable bonds is 9. The first-order valence-corrected chi connectivity index (χ1v) is 10.8. The van der Waals surface area contributed by atoms with E-state index in [1.54, 1.807) is 0 Å². The fourth-order valence-corrected chi connectivity index (χ4v) is 3.74. The Hall–Kier alpha value is -2.45. The molecule has 0 saturated carbocycles. The third-order valence-corrected chi connectivity index (χ3v) is 5.39. The first kappa shape index (κ1) is 22.2. The quantitative estimate of drug-likeness (QED) is 0.650. The average molecular weight is 416 g/mol. The van der Waals surface area contributed by atoms with Gasteiger partial charge in [-0.2, -0.15) is 0 Å². The molecule has 8 nitrogen and oxygen atoms in total. The molecule has 3 rings (SSSR count). The SMILES string of the molecule is CCC(=O)NC(c1nnc2n1CCN(Cc1cccc(OCCO)c1)CC2)C(C)C. The van der Waals surface area contributed by atoms with Gasteiger partial charge >= 0.3 is 0 Å². The Balaban J connectivity index is 1.68. The van der Waals surface area contributed by atoms with Crippen molar-refractivity contribution in [2.75, 3.05) is 26.3 Å². The summed E-state index contributed by atoms with van der Waals surface area (Å²) in [6, 6.07) is 7.88. The van der Waals surface area contributed by atoms with E-state index in [4.69, 9.17) is 9.84 Å². The van der Waals surface area contributed by atoms with Crippen molar-refractivity contribution >= 4 is 5.91 Å². The molecule has 1 aromatic heterocycles. The van der Waals surface area contributed by atoms with Crippen molar-refractivity contribution < 1.29 is 14.6 Å². The fraction of sp³-hybridized carbons (Fsp3) is 0.591. The molecule has 2 heterocycles. The summed E-state index contributed by atoms with van der Waals surface area (Å²) in [5.74, 6) is 2.87. The van der Waals surface area contributed by atoms with E-state index >= 15 is 0 Å². The number of nitrogens with one attached hydrogen (secondary N) is 1. The zero-order valence-corrected chi connectivity index (χ0v) is 18.2. The molecule has 0 saturated heterocycles. The molecule has 0 aliphatic carbocycles. The Kier molecular flexibility index (Phi) is 7.81. The number of ether oxygens (including phenoxy) is 1. The Morgan fingerprint density at radius 3 is 2.83 bits per heavy atom. The lowest BCUT2D eigenvalue weighted by Gasteiger charge is -2.23. The largest absolute Gasteiger partial charge is 0.491 e. The Morgan fingerprint density at radius 2 is 2.10 bits per heavy atom. The molecule has 8 heteroatoms. The van der Waals surface area contributed by atoms with Gasteiger partial charge in [0, 0.05) is 39.0 Å². The van der Waals surface area contributed by atoms with Crippen LogP contribution in [-0.4, -0.2) is 57.0 Å². The van der Waals surface area contributed by atoms with E-state index in [1.807, 2.05) is 25.1 Å². The van der Waals surface area contributed by atoms with Gasteiger partial charge in [-0.05, 0) is 23.6 Å². The highest BCUT2D eigenvalue weighted by atomic mass is 16.5. The van der Waals surface area contributed by atoms with Crippen LogP contribution in [0.2, 0.25) is 0 Å². The summed E-state index contributed by atoms with van der Waals surface area (Å²) in [6.45, 7) is 9.75. The van der Waals surface area contributed by atoms with Gasteiger partial charge in [-0.15, -0.1) is 10.2 Å². The number of carbonyl (C=O) groups excluding carboxylic acids is 1. The van der Waals surface area contributed by atoms with E-state index in [2.05, 4.69) is 44.9 Å². The van der Waals surface area contributed by atoms with E-state index in [0.29, 0.717) is 13.0 Å². The van der Waals surface area contributed by atoms with Crippen LogP contribution in [0.1, 0.15) is 50.4 Å². The molecule has 0 spiro atoms. The molecule has 0 bridgehead atoms.